The topological polar surface area (TPSA) is 96.4 Å². The van der Waals surface area contributed by atoms with Crippen LogP contribution in [0.1, 0.15) is 16.7 Å². The number of anilines is 1. The SMILES string of the molecule is COc1cccc(N2C(=O)[C@H](Cc3ccc(C)c(C)c3)S/C2=C(\C#N)C(N)=O)c1. The largest absolute Gasteiger partial charge is 0.497 e. The highest BCUT2D eigenvalue weighted by Gasteiger charge is 2.40. The molecule has 0 aromatic heterocycles. The molecule has 0 bridgehead atoms. The van der Waals surface area contributed by atoms with Crippen LogP contribution in [0.3, 0.4) is 0 Å². The number of nitrogens with two attached hydrogens (primary N) is 1. The van der Waals surface area contributed by atoms with Crippen LogP contribution in [0.15, 0.2) is 53.1 Å². The first-order chi connectivity index (χ1) is 13.8. The summed E-state index contributed by atoms with van der Waals surface area (Å²) in [5.74, 6) is -0.497. The molecule has 2 amide bonds. The summed E-state index contributed by atoms with van der Waals surface area (Å²) in [6.07, 6.45) is 0.478. The zero-order valence-corrected chi connectivity index (χ0v) is 17.2. The first-order valence-electron chi connectivity index (χ1n) is 9.00. The molecule has 1 aliphatic rings. The molecule has 0 unspecified atom stereocenters. The molecule has 2 N–H and O–H groups in total. The molecule has 148 valence electrons. The van der Waals surface area contributed by atoms with Crippen molar-refractivity contribution in [2.75, 3.05) is 12.0 Å². The Morgan fingerprint density at radius 2 is 2.00 bits per heavy atom. The molecule has 1 fully saturated rings. The maximum Gasteiger partial charge on any atom is 0.262 e. The lowest BCUT2D eigenvalue weighted by molar-refractivity contribution is -0.117. The molecule has 1 atom stereocenters. The predicted octanol–water partition coefficient (Wildman–Crippen LogP) is 3.22. The van der Waals surface area contributed by atoms with Crippen molar-refractivity contribution in [3.05, 3.63) is 69.8 Å². The number of carbonyl (C=O) groups excluding carboxylic acids is 2. The minimum absolute atomic E-state index is 0.203. The number of thioether (sulfide) groups is 1. The Labute approximate surface area is 173 Å². The van der Waals surface area contributed by atoms with Gasteiger partial charge in [0.1, 0.15) is 22.4 Å². The Hall–Kier alpha value is -3.24. The van der Waals surface area contributed by atoms with Gasteiger partial charge in [-0.3, -0.25) is 14.5 Å². The number of nitrogens with zero attached hydrogens (tertiary/aromatic N) is 2. The Balaban J connectivity index is 2.04. The average Bonchev–Trinajstić information content (AvgIpc) is 3.01. The van der Waals surface area contributed by atoms with Crippen molar-refractivity contribution in [3.63, 3.8) is 0 Å². The van der Waals surface area contributed by atoms with Gasteiger partial charge in [0, 0.05) is 6.07 Å². The van der Waals surface area contributed by atoms with Gasteiger partial charge in [-0.05, 0) is 49.1 Å². The van der Waals surface area contributed by atoms with E-state index < -0.39 is 11.2 Å². The fraction of sp³-hybridized carbons (Fsp3) is 0.227. The number of hydrogen-bond acceptors (Lipinski definition) is 5. The number of ether oxygens (including phenoxy) is 1. The van der Waals surface area contributed by atoms with Crippen LogP contribution in [0.5, 0.6) is 5.75 Å². The quantitative estimate of drug-likeness (QED) is 0.606. The zero-order chi connectivity index (χ0) is 21.1. The molecule has 1 saturated heterocycles. The number of benzene rings is 2. The summed E-state index contributed by atoms with van der Waals surface area (Å²) in [6, 6.07) is 14.8. The summed E-state index contributed by atoms with van der Waals surface area (Å²) in [6.45, 7) is 4.06. The lowest BCUT2D eigenvalue weighted by Crippen LogP contribution is -2.31. The van der Waals surface area contributed by atoms with E-state index in [4.69, 9.17) is 10.5 Å². The Morgan fingerprint density at radius 1 is 1.24 bits per heavy atom. The summed E-state index contributed by atoms with van der Waals surface area (Å²) in [5.41, 5.74) is 9.04. The van der Waals surface area contributed by atoms with Crippen LogP contribution in [0, 0.1) is 25.2 Å². The molecule has 6 nitrogen and oxygen atoms in total. The van der Waals surface area contributed by atoms with Crippen molar-refractivity contribution in [2.24, 2.45) is 5.73 Å². The third-order valence-corrected chi connectivity index (χ3v) is 6.09. The summed E-state index contributed by atoms with van der Waals surface area (Å²) >= 11 is 1.19. The number of carbonyl (C=O) groups is 2. The molecule has 7 heteroatoms. The molecule has 1 aliphatic heterocycles. The van der Waals surface area contributed by atoms with Crippen LogP contribution in [-0.4, -0.2) is 24.2 Å². The first kappa shape index (κ1) is 20.5. The third kappa shape index (κ3) is 4.13. The van der Waals surface area contributed by atoms with E-state index in [9.17, 15) is 14.9 Å². The van der Waals surface area contributed by atoms with Crippen molar-refractivity contribution in [2.45, 2.75) is 25.5 Å². The fourth-order valence-corrected chi connectivity index (χ4v) is 4.44. The molecule has 0 saturated carbocycles. The second kappa shape index (κ2) is 8.41. The van der Waals surface area contributed by atoms with Gasteiger partial charge in [0.15, 0.2) is 0 Å². The highest BCUT2D eigenvalue weighted by atomic mass is 32.2. The number of rotatable bonds is 5. The van der Waals surface area contributed by atoms with E-state index in [1.165, 1.54) is 29.3 Å². The number of hydrogen-bond donors (Lipinski definition) is 1. The van der Waals surface area contributed by atoms with Gasteiger partial charge in [-0.1, -0.05) is 36.0 Å². The minimum atomic E-state index is -0.859. The van der Waals surface area contributed by atoms with Gasteiger partial charge in [-0.15, -0.1) is 0 Å². The van der Waals surface area contributed by atoms with Gasteiger partial charge < -0.3 is 10.5 Å². The molecule has 0 aliphatic carbocycles. The molecule has 2 aromatic rings. The summed E-state index contributed by atoms with van der Waals surface area (Å²) < 4.78 is 5.25. The molecule has 3 rings (SSSR count). The van der Waals surface area contributed by atoms with Crippen LogP contribution in [0.25, 0.3) is 0 Å². The molecule has 29 heavy (non-hydrogen) atoms. The predicted molar refractivity (Wildman–Crippen MR) is 113 cm³/mol. The summed E-state index contributed by atoms with van der Waals surface area (Å²) in [7, 11) is 1.53. The van der Waals surface area contributed by atoms with Crippen molar-refractivity contribution >= 4 is 29.3 Å². The molecule has 2 aromatic carbocycles. The van der Waals surface area contributed by atoms with E-state index in [0.717, 1.165) is 11.1 Å². The molecular formula is C22H21N3O3S. The van der Waals surface area contributed by atoms with Crippen LogP contribution in [-0.2, 0) is 16.0 Å². The Kier molecular flexibility index (Phi) is 5.95. The van der Waals surface area contributed by atoms with Gasteiger partial charge in [0.2, 0.25) is 5.91 Å². The monoisotopic (exact) mass is 407 g/mol. The van der Waals surface area contributed by atoms with E-state index >= 15 is 0 Å². The normalized spacial score (nSPS) is 17.8. The summed E-state index contributed by atoms with van der Waals surface area (Å²) in [5, 5.41) is 9.25. The number of amides is 2. The number of primary amides is 1. The Morgan fingerprint density at radius 3 is 2.62 bits per heavy atom. The van der Waals surface area contributed by atoms with E-state index in [1.54, 1.807) is 24.3 Å². The first-order valence-corrected chi connectivity index (χ1v) is 9.88. The van der Waals surface area contributed by atoms with Crippen LogP contribution >= 0.6 is 11.8 Å². The molecule has 0 radical (unpaired) electrons. The van der Waals surface area contributed by atoms with Crippen LogP contribution in [0.4, 0.5) is 5.69 Å². The zero-order valence-electron chi connectivity index (χ0n) is 16.4. The molecular weight excluding hydrogens is 386 g/mol. The highest BCUT2D eigenvalue weighted by molar-refractivity contribution is 8.05. The number of nitriles is 1. The summed E-state index contributed by atoms with van der Waals surface area (Å²) in [4.78, 5) is 26.5. The smallest absolute Gasteiger partial charge is 0.262 e. The lowest BCUT2D eigenvalue weighted by Gasteiger charge is -2.19. The lowest BCUT2D eigenvalue weighted by atomic mass is 10.0. The van der Waals surface area contributed by atoms with E-state index in [0.29, 0.717) is 17.9 Å². The second-order valence-corrected chi connectivity index (χ2v) is 7.95. The minimum Gasteiger partial charge on any atom is -0.497 e. The van der Waals surface area contributed by atoms with Crippen molar-refractivity contribution < 1.29 is 14.3 Å². The standard InChI is InChI=1S/C22H21N3O3S/c1-13-7-8-15(9-14(13)2)10-19-21(27)25(16-5-4-6-17(11-16)28-3)22(29-19)18(12-23)20(24)26/h4-9,11,19H,10H2,1-3H3,(H2,24,26)/b22-18+/t19-/m0/s1. The van der Waals surface area contributed by atoms with Gasteiger partial charge in [0.05, 0.1) is 18.0 Å². The van der Waals surface area contributed by atoms with Crippen molar-refractivity contribution in [1.29, 1.82) is 5.26 Å². The van der Waals surface area contributed by atoms with E-state index in [-0.39, 0.29) is 16.5 Å². The van der Waals surface area contributed by atoms with Gasteiger partial charge in [-0.2, -0.15) is 5.26 Å². The van der Waals surface area contributed by atoms with Gasteiger partial charge in [0.25, 0.3) is 5.91 Å². The number of aryl methyl sites for hydroxylation is 2. The fourth-order valence-electron chi connectivity index (χ4n) is 3.13. The van der Waals surface area contributed by atoms with Crippen molar-refractivity contribution in [3.8, 4) is 11.8 Å². The van der Waals surface area contributed by atoms with E-state index in [2.05, 4.69) is 6.07 Å². The van der Waals surface area contributed by atoms with Gasteiger partial charge in [-0.25, -0.2) is 0 Å². The highest BCUT2D eigenvalue weighted by Crippen LogP contribution is 2.42. The van der Waals surface area contributed by atoms with Crippen molar-refractivity contribution in [1.82, 2.24) is 0 Å². The molecule has 0 spiro atoms. The van der Waals surface area contributed by atoms with Gasteiger partial charge >= 0.3 is 0 Å². The van der Waals surface area contributed by atoms with Crippen LogP contribution in [0.2, 0.25) is 0 Å². The third-order valence-electron chi connectivity index (χ3n) is 4.83. The molecule has 1 heterocycles. The average molecular weight is 407 g/mol. The maximum atomic E-state index is 13.3. The number of methoxy groups -OCH3 is 1. The maximum absolute atomic E-state index is 13.3. The van der Waals surface area contributed by atoms with E-state index in [1.807, 2.05) is 32.0 Å². The van der Waals surface area contributed by atoms with Crippen LogP contribution < -0.4 is 15.4 Å². The Bertz CT molecular complexity index is 1060. The second-order valence-electron chi connectivity index (χ2n) is 6.76.